The van der Waals surface area contributed by atoms with Crippen LogP contribution < -0.4 is 0 Å². The fourth-order valence-electron chi connectivity index (χ4n) is 7.23. The highest BCUT2D eigenvalue weighted by Gasteiger charge is 2.20. The smallest absolute Gasteiger partial charge is 0.159 e. The number of H-pyrrole nitrogens is 4. The third-order valence-electron chi connectivity index (χ3n) is 10.1. The van der Waals surface area contributed by atoms with E-state index in [0.29, 0.717) is 5.82 Å². The molecule has 12 heterocycles. The highest BCUT2D eigenvalue weighted by molar-refractivity contribution is 8.02. The zero-order chi connectivity index (χ0) is 41.3. The molecule has 1 aliphatic rings. The van der Waals surface area contributed by atoms with Crippen molar-refractivity contribution in [3.05, 3.63) is 126 Å². The number of fused-ring (bicyclic) bond motifs is 4. The molecule has 1 aliphatic heterocycles. The van der Waals surface area contributed by atoms with Gasteiger partial charge >= 0.3 is 0 Å². The number of aromatic nitrogens is 14. The number of hydrogen-bond donors (Lipinski definition) is 4. The number of imidazole rings is 2. The monoisotopic (exact) mass is 836 g/mol. The van der Waals surface area contributed by atoms with Gasteiger partial charge < -0.3 is 9.97 Å². The van der Waals surface area contributed by atoms with Crippen LogP contribution in [0.1, 0.15) is 31.5 Å². The van der Waals surface area contributed by atoms with Gasteiger partial charge in [-0.15, -0.1) is 11.8 Å². The zero-order valence-corrected chi connectivity index (χ0v) is 34.8. The first-order valence-electron chi connectivity index (χ1n) is 19.7. The number of aromatic amines is 4. The van der Waals surface area contributed by atoms with Gasteiger partial charge in [0.15, 0.2) is 11.6 Å². The van der Waals surface area contributed by atoms with Crippen molar-refractivity contribution in [2.45, 2.75) is 27.2 Å². The van der Waals surface area contributed by atoms with Crippen molar-refractivity contribution in [1.29, 1.82) is 0 Å². The van der Waals surface area contributed by atoms with Gasteiger partial charge in [-0.1, -0.05) is 13.8 Å². The molecule has 61 heavy (non-hydrogen) atoms. The van der Waals surface area contributed by atoms with Gasteiger partial charge in [0.2, 0.25) is 0 Å². The van der Waals surface area contributed by atoms with Crippen LogP contribution in [0.25, 0.3) is 106 Å². The van der Waals surface area contributed by atoms with Crippen LogP contribution in [0, 0.1) is 6.92 Å². The molecule has 0 atom stereocenters. The van der Waals surface area contributed by atoms with Crippen LogP contribution in [0.5, 0.6) is 0 Å². The van der Waals surface area contributed by atoms with Crippen LogP contribution in [0.2, 0.25) is 0 Å². The van der Waals surface area contributed by atoms with Gasteiger partial charge in [0, 0.05) is 75.8 Å². The number of rotatable bonds is 6. The number of allylic oxidation sites excluding steroid dienone is 1. The van der Waals surface area contributed by atoms with Gasteiger partial charge in [-0.05, 0) is 83.8 Å². The average molecular weight is 837 g/mol. The molecular formula is C45H36N14S2. The minimum Gasteiger partial charge on any atom is -0.336 e. The molecule has 0 saturated heterocycles. The van der Waals surface area contributed by atoms with Crippen molar-refractivity contribution >= 4 is 72.5 Å². The molecule has 0 amide bonds. The second-order valence-corrected chi connectivity index (χ2v) is 15.7. The Balaban J connectivity index is 0.000000141. The molecule has 298 valence electrons. The van der Waals surface area contributed by atoms with Crippen LogP contribution >= 0.6 is 23.1 Å². The largest absolute Gasteiger partial charge is 0.336 e. The standard InChI is InChI=1S/C22H15N7S.C21H15N7S.C2H6/c1-12-6-14(9-23-8-12)17-7-15-18(10-25-17)28-29-20(15)22-26-16-2-4-24-19(21(16)27-22)13-3-5-30-11-13;1-5-22-6-2-12(1)16-9-14-17(10-24-16)27-28-19(14)21-25-15-3-7-23-18(20(15)26-21)13-4-8-29-11-13;1-2/h2-11H,1H3,(H,26,27)(H,28,29);1-3,5-7,9-11H,4,8H2,(H,25,26)(H,27,28);1-2H3. The summed E-state index contributed by atoms with van der Waals surface area (Å²) in [6, 6.07) is 16.0. The van der Waals surface area contributed by atoms with Crippen LogP contribution in [0.4, 0.5) is 0 Å². The van der Waals surface area contributed by atoms with Crippen molar-refractivity contribution in [3.8, 4) is 56.8 Å². The normalized spacial score (nSPS) is 12.4. The van der Waals surface area contributed by atoms with E-state index in [1.165, 1.54) is 5.57 Å². The topological polar surface area (TPSA) is 192 Å². The minimum absolute atomic E-state index is 0.695. The van der Waals surface area contributed by atoms with Crippen molar-refractivity contribution < 1.29 is 0 Å². The van der Waals surface area contributed by atoms with Gasteiger partial charge in [-0.3, -0.25) is 40.1 Å². The number of hydrogen-bond acceptors (Lipinski definition) is 12. The first-order chi connectivity index (χ1) is 30.1. The van der Waals surface area contributed by atoms with E-state index < -0.39 is 0 Å². The van der Waals surface area contributed by atoms with E-state index in [2.05, 4.69) is 83.2 Å². The molecule has 16 heteroatoms. The van der Waals surface area contributed by atoms with E-state index in [9.17, 15) is 0 Å². The Morgan fingerprint density at radius 1 is 0.574 bits per heavy atom. The molecule has 0 unspecified atom stereocenters. The number of nitrogens with one attached hydrogen (secondary N) is 4. The molecule has 0 radical (unpaired) electrons. The molecule has 14 nitrogen and oxygen atoms in total. The van der Waals surface area contributed by atoms with Gasteiger partial charge in [0.1, 0.15) is 22.4 Å². The van der Waals surface area contributed by atoms with Crippen LogP contribution in [0.3, 0.4) is 0 Å². The quantitative estimate of drug-likeness (QED) is 0.125. The highest BCUT2D eigenvalue weighted by atomic mass is 32.2. The van der Waals surface area contributed by atoms with E-state index >= 15 is 0 Å². The predicted octanol–water partition coefficient (Wildman–Crippen LogP) is 10.5. The first kappa shape index (κ1) is 37.8. The lowest BCUT2D eigenvalue weighted by Gasteiger charge is -2.02. The molecule has 0 fully saturated rings. The van der Waals surface area contributed by atoms with Crippen molar-refractivity contribution in [2.75, 3.05) is 5.75 Å². The average Bonchev–Trinajstić information content (AvgIpc) is 4.18. The summed E-state index contributed by atoms with van der Waals surface area (Å²) in [5.41, 5.74) is 15.8. The summed E-state index contributed by atoms with van der Waals surface area (Å²) in [6.07, 6.45) is 15.4. The summed E-state index contributed by atoms with van der Waals surface area (Å²) in [6.45, 7) is 6.02. The van der Waals surface area contributed by atoms with Crippen LogP contribution in [0.15, 0.2) is 114 Å². The fraction of sp³-hybridized carbons (Fsp3) is 0.111. The molecule has 4 N–H and O–H groups in total. The molecule has 11 aromatic heterocycles. The maximum atomic E-state index is 4.87. The molecule has 0 spiro atoms. The number of aryl methyl sites for hydroxylation is 1. The summed E-state index contributed by atoms with van der Waals surface area (Å²) in [5.74, 6) is 2.51. The Hall–Kier alpha value is -7.43. The minimum atomic E-state index is 0.695. The number of thiophene rings is 1. The predicted molar refractivity (Wildman–Crippen MR) is 244 cm³/mol. The van der Waals surface area contributed by atoms with Crippen molar-refractivity contribution in [1.82, 2.24) is 70.2 Å². The Labute approximate surface area is 356 Å². The van der Waals surface area contributed by atoms with Crippen molar-refractivity contribution in [2.24, 2.45) is 0 Å². The Kier molecular flexibility index (Phi) is 10.1. The molecule has 0 aliphatic carbocycles. The van der Waals surface area contributed by atoms with Gasteiger partial charge in [0.05, 0.1) is 57.2 Å². The van der Waals surface area contributed by atoms with E-state index in [1.807, 2.05) is 92.9 Å². The maximum Gasteiger partial charge on any atom is 0.159 e. The van der Waals surface area contributed by atoms with Gasteiger partial charge in [0.25, 0.3) is 0 Å². The summed E-state index contributed by atoms with van der Waals surface area (Å²) in [4.78, 5) is 43.1. The molecule has 0 aromatic carbocycles. The van der Waals surface area contributed by atoms with E-state index in [1.54, 1.807) is 42.3 Å². The summed E-state index contributed by atoms with van der Waals surface area (Å²) in [5, 5.41) is 23.4. The summed E-state index contributed by atoms with van der Waals surface area (Å²) < 4.78 is 0. The molecule has 11 aromatic rings. The molecule has 0 saturated carbocycles. The molecular weight excluding hydrogens is 801 g/mol. The van der Waals surface area contributed by atoms with Crippen LogP contribution in [-0.4, -0.2) is 76.0 Å². The Bertz CT molecular complexity index is 3340. The van der Waals surface area contributed by atoms with E-state index in [-0.39, 0.29) is 0 Å². The third kappa shape index (κ3) is 7.21. The lowest BCUT2D eigenvalue weighted by atomic mass is 10.1. The Morgan fingerprint density at radius 3 is 1.82 bits per heavy atom. The first-order valence-corrected chi connectivity index (χ1v) is 21.7. The number of thioether (sulfide) groups is 1. The summed E-state index contributed by atoms with van der Waals surface area (Å²) in [7, 11) is 0. The van der Waals surface area contributed by atoms with Gasteiger partial charge in [-0.25, -0.2) is 9.97 Å². The molecule has 0 bridgehead atoms. The maximum absolute atomic E-state index is 4.87. The van der Waals surface area contributed by atoms with Crippen LogP contribution in [-0.2, 0) is 0 Å². The highest BCUT2D eigenvalue weighted by Crippen LogP contribution is 2.35. The van der Waals surface area contributed by atoms with Gasteiger partial charge in [-0.2, -0.15) is 21.5 Å². The third-order valence-corrected chi connectivity index (χ3v) is 11.7. The second kappa shape index (κ2) is 16.3. The summed E-state index contributed by atoms with van der Waals surface area (Å²) >= 11 is 3.47. The second-order valence-electron chi connectivity index (χ2n) is 13.9. The van der Waals surface area contributed by atoms with Crippen molar-refractivity contribution in [3.63, 3.8) is 0 Å². The lowest BCUT2D eigenvalue weighted by Crippen LogP contribution is -1.89. The number of pyridine rings is 6. The van der Waals surface area contributed by atoms with E-state index in [0.717, 1.165) is 118 Å². The lowest BCUT2D eigenvalue weighted by molar-refractivity contribution is 1.10. The SMILES string of the molecule is C1=C(c2nccc3[nH]c(-c4n[nH]c5cnc(-c6ccncc6)cc45)nc23)CCS1.CC.Cc1cncc(-c2cc3c(-c4nc5c(-c6ccsc6)nccc5[nH]4)n[nH]c3cn2)c1. The zero-order valence-electron chi connectivity index (χ0n) is 33.2. The fourth-order valence-corrected chi connectivity index (χ4v) is 8.76. The number of nitrogens with zero attached hydrogens (tertiary/aromatic N) is 10. The Morgan fingerprint density at radius 2 is 1.21 bits per heavy atom. The molecule has 12 rings (SSSR count). The van der Waals surface area contributed by atoms with E-state index in [4.69, 9.17) is 9.97 Å².